The molecule has 0 unspecified atom stereocenters. The Morgan fingerprint density at radius 3 is 2.59 bits per heavy atom. The summed E-state index contributed by atoms with van der Waals surface area (Å²) < 4.78 is 5.31. The van der Waals surface area contributed by atoms with Crippen molar-refractivity contribution in [3.8, 4) is 11.8 Å². The number of hydrogen-bond donors (Lipinski definition) is 1. The van der Waals surface area contributed by atoms with Crippen molar-refractivity contribution < 1.29 is 9.53 Å². The SMILES string of the molecule is N#Cc1ccc(OCC(=O)Nc2cc(Cl)ccc2Cl)c(Cl)c1. The fraction of sp³-hybridized carbons (Fsp3) is 0.0667. The molecule has 0 saturated carbocycles. The van der Waals surface area contributed by atoms with Gasteiger partial charge < -0.3 is 10.1 Å². The molecule has 7 heteroatoms. The van der Waals surface area contributed by atoms with Crippen molar-refractivity contribution >= 4 is 46.4 Å². The van der Waals surface area contributed by atoms with Crippen LogP contribution in [0.3, 0.4) is 0 Å². The molecule has 2 rings (SSSR count). The molecule has 22 heavy (non-hydrogen) atoms. The van der Waals surface area contributed by atoms with E-state index in [1.54, 1.807) is 18.2 Å². The summed E-state index contributed by atoms with van der Waals surface area (Å²) in [5.74, 6) is -0.0994. The average Bonchev–Trinajstić information content (AvgIpc) is 2.49. The van der Waals surface area contributed by atoms with E-state index in [1.165, 1.54) is 18.2 Å². The summed E-state index contributed by atoms with van der Waals surface area (Å²) in [5, 5.41) is 12.4. The lowest BCUT2D eigenvalue weighted by Crippen LogP contribution is -2.20. The number of halogens is 3. The van der Waals surface area contributed by atoms with Crippen molar-refractivity contribution in [1.29, 1.82) is 5.26 Å². The third kappa shape index (κ3) is 4.28. The first-order chi connectivity index (χ1) is 10.5. The fourth-order valence-electron chi connectivity index (χ4n) is 1.61. The van der Waals surface area contributed by atoms with E-state index < -0.39 is 5.91 Å². The van der Waals surface area contributed by atoms with E-state index in [-0.39, 0.29) is 11.6 Å². The lowest BCUT2D eigenvalue weighted by Gasteiger charge is -2.10. The maximum Gasteiger partial charge on any atom is 0.262 e. The molecule has 1 N–H and O–H groups in total. The zero-order valence-corrected chi connectivity index (χ0v) is 13.3. The molecule has 0 heterocycles. The standard InChI is InChI=1S/C15H9Cl3N2O2/c16-10-2-3-11(17)13(6-10)20-15(21)8-22-14-4-1-9(7-19)5-12(14)18/h1-6H,8H2,(H,20,21). The van der Waals surface area contributed by atoms with Crippen molar-refractivity contribution in [1.82, 2.24) is 0 Å². The summed E-state index contributed by atoms with van der Waals surface area (Å²) in [7, 11) is 0. The highest BCUT2D eigenvalue weighted by Gasteiger charge is 2.09. The van der Waals surface area contributed by atoms with Crippen LogP contribution in [0.5, 0.6) is 5.75 Å². The van der Waals surface area contributed by atoms with E-state index in [9.17, 15) is 4.79 Å². The second kappa shape index (κ2) is 7.37. The highest BCUT2D eigenvalue weighted by Crippen LogP contribution is 2.26. The van der Waals surface area contributed by atoms with E-state index in [2.05, 4.69) is 5.32 Å². The van der Waals surface area contributed by atoms with Crippen LogP contribution in [0.25, 0.3) is 0 Å². The average molecular weight is 356 g/mol. The number of nitrogens with one attached hydrogen (secondary N) is 1. The first kappa shape index (κ1) is 16.4. The summed E-state index contributed by atoms with van der Waals surface area (Å²) in [6.45, 7) is -0.255. The predicted molar refractivity (Wildman–Crippen MR) is 86.8 cm³/mol. The quantitative estimate of drug-likeness (QED) is 0.876. The molecule has 0 atom stereocenters. The number of rotatable bonds is 4. The number of hydrogen-bond acceptors (Lipinski definition) is 3. The first-order valence-electron chi connectivity index (χ1n) is 6.07. The molecule has 0 aromatic heterocycles. The summed E-state index contributed by atoms with van der Waals surface area (Å²) in [6, 6.07) is 11.2. The van der Waals surface area contributed by atoms with Gasteiger partial charge in [0.2, 0.25) is 0 Å². The van der Waals surface area contributed by atoms with Gasteiger partial charge in [0, 0.05) is 5.02 Å². The van der Waals surface area contributed by atoms with Crippen LogP contribution in [-0.4, -0.2) is 12.5 Å². The van der Waals surface area contributed by atoms with Gasteiger partial charge in [0.1, 0.15) is 5.75 Å². The maximum absolute atomic E-state index is 11.9. The zero-order chi connectivity index (χ0) is 16.1. The van der Waals surface area contributed by atoms with Gasteiger partial charge in [-0.2, -0.15) is 5.26 Å². The Morgan fingerprint density at radius 2 is 1.91 bits per heavy atom. The van der Waals surface area contributed by atoms with Crippen LogP contribution in [-0.2, 0) is 4.79 Å². The van der Waals surface area contributed by atoms with Gasteiger partial charge in [-0.25, -0.2) is 0 Å². The number of benzene rings is 2. The van der Waals surface area contributed by atoms with Crippen molar-refractivity contribution in [2.75, 3.05) is 11.9 Å². The molecule has 0 aliphatic heterocycles. The van der Waals surface area contributed by atoms with Gasteiger partial charge in [0.15, 0.2) is 6.61 Å². The van der Waals surface area contributed by atoms with Crippen LogP contribution >= 0.6 is 34.8 Å². The molecule has 2 aromatic rings. The molecule has 4 nitrogen and oxygen atoms in total. The summed E-state index contributed by atoms with van der Waals surface area (Å²) in [5.41, 5.74) is 0.807. The molecule has 1 amide bonds. The topological polar surface area (TPSA) is 62.1 Å². The first-order valence-corrected chi connectivity index (χ1v) is 7.20. The summed E-state index contributed by atoms with van der Waals surface area (Å²) in [4.78, 5) is 11.9. The minimum absolute atomic E-state index is 0.255. The Bertz CT molecular complexity index is 757. The number of nitrogens with zero attached hydrogens (tertiary/aromatic N) is 1. The Labute approximate surface area is 142 Å². The molecule has 0 aliphatic rings. The second-order valence-corrected chi connectivity index (χ2v) is 5.47. The van der Waals surface area contributed by atoms with Crippen molar-refractivity contribution in [2.45, 2.75) is 0 Å². The fourth-order valence-corrected chi connectivity index (χ4v) is 2.18. The lowest BCUT2D eigenvalue weighted by molar-refractivity contribution is -0.118. The van der Waals surface area contributed by atoms with Crippen molar-refractivity contribution in [3.63, 3.8) is 0 Å². The van der Waals surface area contributed by atoms with E-state index in [1.807, 2.05) is 6.07 Å². The Hall–Kier alpha value is -1.93. The Morgan fingerprint density at radius 1 is 1.14 bits per heavy atom. The molecular formula is C15H9Cl3N2O2. The van der Waals surface area contributed by atoms with Crippen LogP contribution in [0.4, 0.5) is 5.69 Å². The van der Waals surface area contributed by atoms with Crippen LogP contribution < -0.4 is 10.1 Å². The van der Waals surface area contributed by atoms with Gasteiger partial charge in [-0.3, -0.25) is 4.79 Å². The number of ether oxygens (including phenoxy) is 1. The van der Waals surface area contributed by atoms with Gasteiger partial charge in [0.25, 0.3) is 5.91 Å². The lowest BCUT2D eigenvalue weighted by atomic mass is 10.2. The molecular weight excluding hydrogens is 347 g/mol. The predicted octanol–water partition coefficient (Wildman–Crippen LogP) is 4.54. The molecule has 0 saturated heterocycles. The van der Waals surface area contributed by atoms with E-state index >= 15 is 0 Å². The smallest absolute Gasteiger partial charge is 0.262 e. The van der Waals surface area contributed by atoms with Gasteiger partial charge >= 0.3 is 0 Å². The highest BCUT2D eigenvalue weighted by molar-refractivity contribution is 6.35. The van der Waals surface area contributed by atoms with Gasteiger partial charge in [0.05, 0.1) is 27.4 Å². The van der Waals surface area contributed by atoms with E-state index in [0.717, 1.165) is 0 Å². The molecule has 112 valence electrons. The largest absolute Gasteiger partial charge is 0.482 e. The second-order valence-electron chi connectivity index (χ2n) is 4.22. The molecule has 0 fully saturated rings. The van der Waals surface area contributed by atoms with Gasteiger partial charge in [-0.05, 0) is 36.4 Å². The summed E-state index contributed by atoms with van der Waals surface area (Å²) in [6.07, 6.45) is 0. The number of carbonyl (C=O) groups excluding carboxylic acids is 1. The normalized spacial score (nSPS) is 9.91. The summed E-state index contributed by atoms with van der Waals surface area (Å²) >= 11 is 17.7. The highest BCUT2D eigenvalue weighted by atomic mass is 35.5. The maximum atomic E-state index is 11.9. The molecule has 2 aromatic carbocycles. The van der Waals surface area contributed by atoms with Gasteiger partial charge in [-0.15, -0.1) is 0 Å². The molecule has 0 aliphatic carbocycles. The minimum atomic E-state index is -0.412. The molecule has 0 radical (unpaired) electrons. The van der Waals surface area contributed by atoms with E-state index in [0.29, 0.717) is 27.0 Å². The number of carbonyl (C=O) groups is 1. The van der Waals surface area contributed by atoms with Crippen molar-refractivity contribution in [3.05, 3.63) is 57.0 Å². The third-order valence-corrected chi connectivity index (χ3v) is 3.48. The van der Waals surface area contributed by atoms with E-state index in [4.69, 9.17) is 44.8 Å². The third-order valence-electron chi connectivity index (χ3n) is 2.62. The Balaban J connectivity index is 1.99. The van der Waals surface area contributed by atoms with Crippen molar-refractivity contribution in [2.24, 2.45) is 0 Å². The number of nitriles is 1. The van der Waals surface area contributed by atoms with Crippen LogP contribution in [0.15, 0.2) is 36.4 Å². The number of amides is 1. The monoisotopic (exact) mass is 354 g/mol. The minimum Gasteiger partial charge on any atom is -0.482 e. The van der Waals surface area contributed by atoms with Crippen LogP contribution in [0.1, 0.15) is 5.56 Å². The van der Waals surface area contributed by atoms with Gasteiger partial charge in [-0.1, -0.05) is 34.8 Å². The van der Waals surface area contributed by atoms with Crippen LogP contribution in [0, 0.1) is 11.3 Å². The molecule has 0 spiro atoms. The Kier molecular flexibility index (Phi) is 5.51. The molecule has 0 bridgehead atoms. The number of anilines is 1. The van der Waals surface area contributed by atoms with Crippen LogP contribution in [0.2, 0.25) is 15.1 Å². The zero-order valence-electron chi connectivity index (χ0n) is 11.1.